The first-order chi connectivity index (χ1) is 13.6. The van der Waals surface area contributed by atoms with Crippen LogP contribution in [0.3, 0.4) is 0 Å². The standard InChI is InChI=1S/C23H24O5/c1-2-23(17-24,28-22(26)16-14-20-11-7-4-8-12-20)18-27-21(25)15-13-19-9-5-3-6-10-19/h3-16,24H,2,17-18H2,1H3/b15-13+,16-14+. The molecule has 0 fully saturated rings. The predicted octanol–water partition coefficient (Wildman–Crippen LogP) is 3.64. The molecule has 0 aromatic heterocycles. The van der Waals surface area contributed by atoms with Gasteiger partial charge >= 0.3 is 11.9 Å². The summed E-state index contributed by atoms with van der Waals surface area (Å²) in [5.41, 5.74) is 0.429. The molecule has 0 radical (unpaired) electrons. The van der Waals surface area contributed by atoms with E-state index in [-0.39, 0.29) is 6.61 Å². The molecule has 2 aromatic carbocycles. The molecule has 1 unspecified atom stereocenters. The van der Waals surface area contributed by atoms with Crippen molar-refractivity contribution < 1.29 is 24.2 Å². The van der Waals surface area contributed by atoms with Crippen LogP contribution in [-0.2, 0) is 19.1 Å². The molecule has 1 N–H and O–H groups in total. The normalized spacial score (nSPS) is 13.4. The topological polar surface area (TPSA) is 72.8 Å². The summed E-state index contributed by atoms with van der Waals surface area (Å²) in [4.78, 5) is 24.1. The molecule has 5 heteroatoms. The van der Waals surface area contributed by atoms with Gasteiger partial charge in [-0.05, 0) is 29.7 Å². The highest BCUT2D eigenvalue weighted by Crippen LogP contribution is 2.17. The second kappa shape index (κ2) is 10.8. The SMILES string of the molecule is CCC(CO)(COC(=O)/C=C/c1ccccc1)OC(=O)/C=C/c1ccccc1. The Hall–Kier alpha value is -3.18. The maximum atomic E-state index is 12.1. The molecule has 0 heterocycles. The molecule has 0 amide bonds. The van der Waals surface area contributed by atoms with Gasteiger partial charge in [0, 0.05) is 12.2 Å². The quantitative estimate of drug-likeness (QED) is 0.531. The maximum Gasteiger partial charge on any atom is 0.331 e. The highest BCUT2D eigenvalue weighted by atomic mass is 16.6. The lowest BCUT2D eigenvalue weighted by atomic mass is 10.0. The van der Waals surface area contributed by atoms with Crippen molar-refractivity contribution in [2.75, 3.05) is 13.2 Å². The van der Waals surface area contributed by atoms with E-state index < -0.39 is 24.1 Å². The van der Waals surface area contributed by atoms with Gasteiger partial charge in [-0.25, -0.2) is 9.59 Å². The number of ether oxygens (including phenoxy) is 2. The van der Waals surface area contributed by atoms with E-state index in [2.05, 4.69) is 0 Å². The van der Waals surface area contributed by atoms with Gasteiger partial charge in [-0.1, -0.05) is 67.6 Å². The first-order valence-corrected chi connectivity index (χ1v) is 9.04. The fourth-order valence-corrected chi connectivity index (χ4v) is 2.35. The Bertz CT molecular complexity index is 805. The third-order valence-electron chi connectivity index (χ3n) is 4.15. The van der Waals surface area contributed by atoms with E-state index in [0.717, 1.165) is 11.1 Å². The minimum absolute atomic E-state index is 0.233. The number of benzene rings is 2. The van der Waals surface area contributed by atoms with Crippen molar-refractivity contribution in [3.63, 3.8) is 0 Å². The van der Waals surface area contributed by atoms with Gasteiger partial charge in [0.05, 0.1) is 6.61 Å². The number of hydrogen-bond donors (Lipinski definition) is 1. The average molecular weight is 380 g/mol. The van der Waals surface area contributed by atoms with Crippen LogP contribution < -0.4 is 0 Å². The lowest BCUT2D eigenvalue weighted by Gasteiger charge is -2.29. The van der Waals surface area contributed by atoms with Gasteiger partial charge in [-0.2, -0.15) is 0 Å². The number of hydrogen-bond acceptors (Lipinski definition) is 5. The summed E-state index contributed by atoms with van der Waals surface area (Å²) in [7, 11) is 0. The van der Waals surface area contributed by atoms with Crippen molar-refractivity contribution in [1.29, 1.82) is 0 Å². The van der Waals surface area contributed by atoms with Gasteiger partial charge in [-0.3, -0.25) is 0 Å². The first-order valence-electron chi connectivity index (χ1n) is 9.04. The Balaban J connectivity index is 1.92. The molecule has 0 spiro atoms. The van der Waals surface area contributed by atoms with Crippen molar-refractivity contribution in [2.24, 2.45) is 0 Å². The number of aliphatic hydroxyl groups is 1. The van der Waals surface area contributed by atoms with Crippen molar-refractivity contribution in [3.8, 4) is 0 Å². The molecular weight excluding hydrogens is 356 g/mol. The Kier molecular flexibility index (Phi) is 8.18. The second-order valence-corrected chi connectivity index (χ2v) is 6.21. The van der Waals surface area contributed by atoms with E-state index >= 15 is 0 Å². The number of esters is 2. The summed E-state index contributed by atoms with van der Waals surface area (Å²) >= 11 is 0. The van der Waals surface area contributed by atoms with Gasteiger partial charge in [0.2, 0.25) is 0 Å². The van der Waals surface area contributed by atoms with Crippen LogP contribution >= 0.6 is 0 Å². The number of rotatable bonds is 9. The number of aliphatic hydroxyl groups excluding tert-OH is 1. The van der Waals surface area contributed by atoms with Crippen LogP contribution in [0.15, 0.2) is 72.8 Å². The highest BCUT2D eigenvalue weighted by Gasteiger charge is 2.33. The van der Waals surface area contributed by atoms with E-state index in [1.165, 1.54) is 12.2 Å². The van der Waals surface area contributed by atoms with Crippen LogP contribution in [-0.4, -0.2) is 35.9 Å². The van der Waals surface area contributed by atoms with E-state index in [0.29, 0.717) is 6.42 Å². The molecule has 146 valence electrons. The third kappa shape index (κ3) is 6.85. The van der Waals surface area contributed by atoms with Gasteiger partial charge in [0.25, 0.3) is 0 Å². The molecule has 2 aromatic rings. The Morgan fingerprint density at radius 3 is 1.86 bits per heavy atom. The highest BCUT2D eigenvalue weighted by molar-refractivity contribution is 5.88. The zero-order valence-electron chi connectivity index (χ0n) is 15.8. The maximum absolute atomic E-state index is 12.1. The van der Waals surface area contributed by atoms with Crippen LogP contribution in [0.5, 0.6) is 0 Å². The van der Waals surface area contributed by atoms with E-state index in [1.807, 2.05) is 60.7 Å². The summed E-state index contributed by atoms with van der Waals surface area (Å²) in [6.45, 7) is 1.06. The van der Waals surface area contributed by atoms with Crippen molar-refractivity contribution in [3.05, 3.63) is 83.9 Å². The van der Waals surface area contributed by atoms with Crippen molar-refractivity contribution in [1.82, 2.24) is 0 Å². The van der Waals surface area contributed by atoms with Crippen LogP contribution in [0, 0.1) is 0 Å². The molecule has 0 aliphatic rings. The molecule has 2 rings (SSSR count). The zero-order valence-corrected chi connectivity index (χ0v) is 15.8. The van der Waals surface area contributed by atoms with Crippen LogP contribution in [0.4, 0.5) is 0 Å². The smallest absolute Gasteiger partial charge is 0.331 e. The van der Waals surface area contributed by atoms with Crippen molar-refractivity contribution >= 4 is 24.1 Å². The van der Waals surface area contributed by atoms with E-state index in [9.17, 15) is 14.7 Å². The predicted molar refractivity (Wildman–Crippen MR) is 108 cm³/mol. The summed E-state index contributed by atoms with van der Waals surface area (Å²) < 4.78 is 10.6. The fourth-order valence-electron chi connectivity index (χ4n) is 2.35. The summed E-state index contributed by atoms with van der Waals surface area (Å²) in [5.74, 6) is -1.19. The van der Waals surface area contributed by atoms with E-state index in [4.69, 9.17) is 9.47 Å². The monoisotopic (exact) mass is 380 g/mol. The molecule has 0 bridgehead atoms. The third-order valence-corrected chi connectivity index (χ3v) is 4.15. The summed E-state index contributed by atoms with van der Waals surface area (Å²) in [6.07, 6.45) is 6.12. The van der Waals surface area contributed by atoms with Crippen molar-refractivity contribution in [2.45, 2.75) is 18.9 Å². The minimum Gasteiger partial charge on any atom is -0.458 e. The minimum atomic E-state index is -1.28. The number of carbonyl (C=O) groups is 2. The van der Waals surface area contributed by atoms with Gasteiger partial charge in [0.15, 0.2) is 5.60 Å². The molecule has 0 aliphatic heterocycles. The molecular formula is C23H24O5. The molecule has 5 nitrogen and oxygen atoms in total. The lowest BCUT2D eigenvalue weighted by molar-refractivity contribution is -0.172. The lowest BCUT2D eigenvalue weighted by Crippen LogP contribution is -2.43. The zero-order chi connectivity index (χ0) is 20.2. The molecule has 0 saturated heterocycles. The first kappa shape index (κ1) is 21.1. The molecule has 1 atom stereocenters. The van der Waals surface area contributed by atoms with Gasteiger partial charge in [-0.15, -0.1) is 0 Å². The van der Waals surface area contributed by atoms with Crippen LogP contribution in [0.2, 0.25) is 0 Å². The largest absolute Gasteiger partial charge is 0.458 e. The van der Waals surface area contributed by atoms with Crippen LogP contribution in [0.1, 0.15) is 24.5 Å². The number of carbonyl (C=O) groups excluding carboxylic acids is 2. The van der Waals surface area contributed by atoms with Gasteiger partial charge in [0.1, 0.15) is 6.61 Å². The average Bonchev–Trinajstić information content (AvgIpc) is 2.75. The molecule has 0 aliphatic carbocycles. The van der Waals surface area contributed by atoms with E-state index in [1.54, 1.807) is 19.1 Å². The molecule has 0 saturated carbocycles. The molecule has 28 heavy (non-hydrogen) atoms. The van der Waals surface area contributed by atoms with Gasteiger partial charge < -0.3 is 14.6 Å². The Morgan fingerprint density at radius 2 is 1.39 bits per heavy atom. The Morgan fingerprint density at radius 1 is 0.893 bits per heavy atom. The Labute approximate surface area is 164 Å². The summed E-state index contributed by atoms with van der Waals surface area (Å²) in [6, 6.07) is 18.6. The van der Waals surface area contributed by atoms with Crippen LogP contribution in [0.25, 0.3) is 12.2 Å². The summed E-state index contributed by atoms with van der Waals surface area (Å²) in [5, 5.41) is 9.72. The second-order valence-electron chi connectivity index (χ2n) is 6.21. The fraction of sp³-hybridized carbons (Fsp3) is 0.217.